The lowest BCUT2D eigenvalue weighted by Crippen LogP contribution is -2.40. The zero-order valence-corrected chi connectivity index (χ0v) is 12.0. The molecule has 120 valence electrons. The highest BCUT2D eigenvalue weighted by molar-refractivity contribution is 6.05. The van der Waals surface area contributed by atoms with E-state index in [1.54, 1.807) is 0 Å². The second kappa shape index (κ2) is 5.87. The van der Waals surface area contributed by atoms with Gasteiger partial charge in [0.25, 0.3) is 5.69 Å². The average Bonchev–Trinajstić information content (AvgIpc) is 2.45. The maximum atomic E-state index is 11.5. The molecule has 2 atom stereocenters. The highest BCUT2D eigenvalue weighted by Crippen LogP contribution is 2.39. The summed E-state index contributed by atoms with van der Waals surface area (Å²) in [5.41, 5.74) is 5.41. The van der Waals surface area contributed by atoms with Gasteiger partial charge in [0.2, 0.25) is 0 Å². The maximum absolute atomic E-state index is 11.5. The van der Waals surface area contributed by atoms with Crippen molar-refractivity contribution in [3.8, 4) is 0 Å². The van der Waals surface area contributed by atoms with Gasteiger partial charge in [0.05, 0.1) is 16.2 Å². The zero-order chi connectivity index (χ0) is 17.3. The fraction of sp³-hybridized carbons (Fsp3) is 0.214. The molecule has 2 unspecified atom stereocenters. The maximum Gasteiger partial charge on any atom is 0.334 e. The van der Waals surface area contributed by atoms with E-state index >= 15 is 0 Å². The highest BCUT2D eigenvalue weighted by Gasteiger charge is 2.42. The molecule has 2 rings (SSSR count). The second-order valence-corrected chi connectivity index (χ2v) is 4.99. The van der Waals surface area contributed by atoms with Crippen molar-refractivity contribution in [2.75, 3.05) is 0 Å². The summed E-state index contributed by atoms with van der Waals surface area (Å²) < 4.78 is 0. The Morgan fingerprint density at radius 1 is 1.35 bits per heavy atom. The lowest BCUT2D eigenvalue weighted by molar-refractivity contribution is -0.384. The fourth-order valence-corrected chi connectivity index (χ4v) is 2.63. The molecule has 1 aliphatic rings. The molecule has 0 radical (unpaired) electrons. The Labute approximate surface area is 129 Å². The molecule has 4 N–H and O–H groups in total. The van der Waals surface area contributed by atoms with Gasteiger partial charge >= 0.3 is 11.9 Å². The molecule has 0 saturated heterocycles. The molecular formula is C14H13N3O6. The van der Waals surface area contributed by atoms with Gasteiger partial charge in [-0.25, -0.2) is 9.79 Å². The lowest BCUT2D eigenvalue weighted by Gasteiger charge is -2.28. The van der Waals surface area contributed by atoms with E-state index in [0.29, 0.717) is 0 Å². The Morgan fingerprint density at radius 2 is 2.00 bits per heavy atom. The van der Waals surface area contributed by atoms with E-state index < -0.39 is 28.7 Å². The fourth-order valence-electron chi connectivity index (χ4n) is 2.63. The van der Waals surface area contributed by atoms with Crippen molar-refractivity contribution >= 4 is 23.5 Å². The number of amidine groups is 1. The first-order valence-electron chi connectivity index (χ1n) is 6.49. The molecule has 0 saturated carbocycles. The molecule has 1 aromatic carbocycles. The van der Waals surface area contributed by atoms with Crippen LogP contribution in [0, 0.1) is 16.0 Å². The number of aliphatic imine (C=N–C) groups is 1. The van der Waals surface area contributed by atoms with Crippen LogP contribution >= 0.6 is 0 Å². The van der Waals surface area contributed by atoms with E-state index in [1.165, 1.54) is 25.1 Å². The van der Waals surface area contributed by atoms with Crippen molar-refractivity contribution < 1.29 is 24.7 Å². The van der Waals surface area contributed by atoms with Crippen molar-refractivity contribution in [2.45, 2.75) is 12.8 Å². The van der Waals surface area contributed by atoms with E-state index in [4.69, 9.17) is 5.73 Å². The molecule has 0 aromatic heterocycles. The number of hydrogen-bond donors (Lipinski definition) is 3. The van der Waals surface area contributed by atoms with Gasteiger partial charge in [0.15, 0.2) is 0 Å². The van der Waals surface area contributed by atoms with Gasteiger partial charge in [-0.2, -0.15) is 0 Å². The van der Waals surface area contributed by atoms with Gasteiger partial charge in [0, 0.05) is 18.1 Å². The van der Waals surface area contributed by atoms with Crippen LogP contribution in [-0.4, -0.2) is 32.9 Å². The number of allylic oxidation sites excluding steroid dienone is 1. The molecular weight excluding hydrogens is 306 g/mol. The summed E-state index contributed by atoms with van der Waals surface area (Å²) in [4.78, 5) is 37.1. The van der Waals surface area contributed by atoms with Crippen molar-refractivity contribution in [1.29, 1.82) is 0 Å². The van der Waals surface area contributed by atoms with Crippen LogP contribution in [0.15, 0.2) is 40.5 Å². The predicted octanol–water partition coefficient (Wildman–Crippen LogP) is 1.11. The molecule has 23 heavy (non-hydrogen) atoms. The van der Waals surface area contributed by atoms with Crippen molar-refractivity contribution in [1.82, 2.24) is 0 Å². The summed E-state index contributed by atoms with van der Waals surface area (Å²) >= 11 is 0. The number of benzene rings is 1. The Hall–Kier alpha value is -3.23. The van der Waals surface area contributed by atoms with Crippen molar-refractivity contribution in [3.63, 3.8) is 0 Å². The van der Waals surface area contributed by atoms with Crippen LogP contribution in [0.1, 0.15) is 18.4 Å². The Balaban J connectivity index is 2.69. The quantitative estimate of drug-likeness (QED) is 0.554. The second-order valence-electron chi connectivity index (χ2n) is 4.99. The zero-order valence-electron chi connectivity index (χ0n) is 12.0. The number of carbonyl (C=O) groups is 2. The molecule has 0 aliphatic carbocycles. The summed E-state index contributed by atoms with van der Waals surface area (Å²) in [7, 11) is 0. The molecule has 1 aromatic rings. The van der Waals surface area contributed by atoms with E-state index in [1.807, 2.05) is 0 Å². The number of non-ortho nitro benzene ring substituents is 1. The third kappa shape index (κ3) is 2.89. The number of nitro benzene ring substituents is 1. The number of rotatable bonds is 4. The summed E-state index contributed by atoms with van der Waals surface area (Å²) in [6, 6.07) is 5.18. The van der Waals surface area contributed by atoms with Crippen LogP contribution in [-0.2, 0) is 9.59 Å². The Kier molecular flexibility index (Phi) is 4.12. The van der Waals surface area contributed by atoms with E-state index in [2.05, 4.69) is 4.99 Å². The largest absolute Gasteiger partial charge is 0.481 e. The number of nitrogens with zero attached hydrogens (tertiary/aromatic N) is 2. The minimum Gasteiger partial charge on any atom is -0.481 e. The Bertz CT molecular complexity index is 768. The minimum atomic E-state index is -1.41. The third-order valence-electron chi connectivity index (χ3n) is 3.59. The van der Waals surface area contributed by atoms with E-state index in [-0.39, 0.29) is 28.4 Å². The lowest BCUT2D eigenvalue weighted by atomic mass is 9.77. The van der Waals surface area contributed by atoms with Gasteiger partial charge in [-0.05, 0) is 12.5 Å². The molecule has 1 aliphatic heterocycles. The average molecular weight is 319 g/mol. The molecule has 9 nitrogen and oxygen atoms in total. The SMILES string of the molecule is CC1=C(C(=O)O)C(c2cccc([N+](=O)[O-])c2)C(C(=O)O)C(N)=N1. The molecule has 9 heteroatoms. The monoisotopic (exact) mass is 319 g/mol. The normalized spacial score (nSPS) is 20.8. The molecule has 0 fully saturated rings. The first-order chi connectivity index (χ1) is 10.7. The van der Waals surface area contributed by atoms with Crippen LogP contribution in [0.25, 0.3) is 0 Å². The standard InChI is InChI=1S/C14H13N3O6/c1-6-9(13(18)19)10(11(14(20)21)12(15)16-6)7-3-2-4-8(5-7)17(22)23/h2-5,10-11H,1H3,(H2,15,16)(H,18,19)(H,20,21). The van der Waals surface area contributed by atoms with Crippen LogP contribution in [0.4, 0.5) is 5.69 Å². The van der Waals surface area contributed by atoms with E-state index in [9.17, 15) is 29.9 Å². The summed E-state index contributed by atoms with van der Waals surface area (Å²) in [6.07, 6.45) is 0. The molecule has 0 amide bonds. The third-order valence-corrected chi connectivity index (χ3v) is 3.59. The number of nitro groups is 1. The first kappa shape index (κ1) is 16.1. The molecule has 0 bridgehead atoms. The van der Waals surface area contributed by atoms with Gasteiger partial charge in [-0.15, -0.1) is 0 Å². The number of hydrogen-bond acceptors (Lipinski definition) is 6. The molecule has 0 spiro atoms. The van der Waals surface area contributed by atoms with Gasteiger partial charge in [0.1, 0.15) is 11.8 Å². The Morgan fingerprint density at radius 3 is 2.52 bits per heavy atom. The van der Waals surface area contributed by atoms with Crippen LogP contribution in [0.2, 0.25) is 0 Å². The number of aliphatic carboxylic acids is 2. The summed E-state index contributed by atoms with van der Waals surface area (Å²) in [6.45, 7) is 1.40. The van der Waals surface area contributed by atoms with Crippen molar-refractivity contribution in [2.24, 2.45) is 16.6 Å². The van der Waals surface area contributed by atoms with Crippen molar-refractivity contribution in [3.05, 3.63) is 51.2 Å². The smallest absolute Gasteiger partial charge is 0.334 e. The minimum absolute atomic E-state index is 0.0732. The van der Waals surface area contributed by atoms with Gasteiger partial charge in [-0.3, -0.25) is 14.9 Å². The number of nitrogens with two attached hydrogens (primary N) is 1. The molecule has 1 heterocycles. The number of carboxylic acid groups (broad SMARTS) is 2. The van der Waals surface area contributed by atoms with Gasteiger partial charge < -0.3 is 15.9 Å². The predicted molar refractivity (Wildman–Crippen MR) is 78.9 cm³/mol. The van der Waals surface area contributed by atoms with Crippen LogP contribution < -0.4 is 5.73 Å². The number of carboxylic acids is 2. The van der Waals surface area contributed by atoms with Gasteiger partial charge in [-0.1, -0.05) is 12.1 Å². The topological polar surface area (TPSA) is 156 Å². The van der Waals surface area contributed by atoms with E-state index in [0.717, 1.165) is 6.07 Å². The first-order valence-corrected chi connectivity index (χ1v) is 6.49. The summed E-state index contributed by atoms with van der Waals surface area (Å²) in [5, 5.41) is 29.7. The highest BCUT2D eigenvalue weighted by atomic mass is 16.6. The van der Waals surface area contributed by atoms with Crippen LogP contribution in [0.5, 0.6) is 0 Å². The van der Waals surface area contributed by atoms with Crippen LogP contribution in [0.3, 0.4) is 0 Å². The summed E-state index contributed by atoms with van der Waals surface area (Å²) in [5.74, 6) is -5.51.